The third-order valence-corrected chi connectivity index (χ3v) is 2.59. The van der Waals surface area contributed by atoms with Gasteiger partial charge in [0.25, 0.3) is 0 Å². The lowest BCUT2D eigenvalue weighted by Gasteiger charge is -2.15. The van der Waals surface area contributed by atoms with Gasteiger partial charge in [-0.15, -0.1) is 0 Å². The monoisotopic (exact) mass is 275 g/mol. The minimum atomic E-state index is -1.28. The van der Waals surface area contributed by atoms with Crippen molar-refractivity contribution in [1.82, 2.24) is 5.32 Å². The predicted molar refractivity (Wildman–Crippen MR) is 66.6 cm³/mol. The maximum Gasteiger partial charge on any atom is 0.326 e. The average Bonchev–Trinajstić information content (AvgIpc) is 2.31. The molecule has 0 spiro atoms. The van der Waals surface area contributed by atoms with Crippen LogP contribution in [0.5, 0.6) is 0 Å². The molecule has 7 heteroatoms. The highest BCUT2D eigenvalue weighted by molar-refractivity contribution is 5.84. The highest BCUT2D eigenvalue weighted by Gasteiger charge is 2.21. The first-order chi connectivity index (χ1) is 8.86. The molecule has 0 aliphatic rings. The number of carbonyl (C=O) groups excluding carboxylic acids is 1. The molecule has 0 radical (unpaired) electrons. The molecule has 0 saturated carbocycles. The molecular weight excluding hydrogens is 254 g/mol. The van der Waals surface area contributed by atoms with Crippen molar-refractivity contribution in [3.05, 3.63) is 0 Å². The van der Waals surface area contributed by atoms with Gasteiger partial charge in [-0.3, -0.25) is 9.59 Å². The van der Waals surface area contributed by atoms with Gasteiger partial charge in [-0.05, 0) is 12.8 Å². The third kappa shape index (κ3) is 9.01. The Morgan fingerprint density at radius 3 is 2.26 bits per heavy atom. The summed E-state index contributed by atoms with van der Waals surface area (Å²) in [6.07, 6.45) is 0.684. The molecule has 2 atom stereocenters. The van der Waals surface area contributed by atoms with Crippen LogP contribution in [0.25, 0.3) is 0 Å². The zero-order valence-corrected chi connectivity index (χ0v) is 11.0. The lowest BCUT2D eigenvalue weighted by molar-refractivity contribution is -0.143. The number of amides is 1. The van der Waals surface area contributed by atoms with E-state index < -0.39 is 30.0 Å². The smallest absolute Gasteiger partial charge is 0.326 e. The van der Waals surface area contributed by atoms with E-state index in [4.69, 9.17) is 10.2 Å². The van der Waals surface area contributed by atoms with Crippen LogP contribution in [0.2, 0.25) is 0 Å². The Bertz CT molecular complexity index is 317. The number of carbonyl (C=O) groups is 3. The van der Waals surface area contributed by atoms with Gasteiger partial charge in [0.1, 0.15) is 6.04 Å². The molecule has 0 aromatic heterocycles. The molecule has 0 aromatic rings. The van der Waals surface area contributed by atoms with Crippen LogP contribution in [0.4, 0.5) is 0 Å². The first kappa shape index (κ1) is 17.4. The zero-order valence-electron chi connectivity index (χ0n) is 11.0. The summed E-state index contributed by atoms with van der Waals surface area (Å²) >= 11 is 0. The van der Waals surface area contributed by atoms with Gasteiger partial charge in [-0.1, -0.05) is 19.8 Å². The predicted octanol–water partition coefficient (Wildman–Crippen LogP) is 0.362. The second-order valence-electron chi connectivity index (χ2n) is 4.39. The fourth-order valence-corrected chi connectivity index (χ4v) is 1.53. The fraction of sp³-hybridized carbons (Fsp3) is 0.750. The SMILES string of the molecule is CCCCC(O)CC(=O)NC(CCC(=O)O)C(=O)O. The van der Waals surface area contributed by atoms with Crippen LogP contribution in [0, 0.1) is 0 Å². The van der Waals surface area contributed by atoms with Crippen molar-refractivity contribution in [1.29, 1.82) is 0 Å². The van der Waals surface area contributed by atoms with Crippen LogP contribution in [-0.2, 0) is 14.4 Å². The first-order valence-corrected chi connectivity index (χ1v) is 6.28. The topological polar surface area (TPSA) is 124 Å². The summed E-state index contributed by atoms with van der Waals surface area (Å²) in [4.78, 5) is 32.7. The van der Waals surface area contributed by atoms with Crippen LogP contribution in [-0.4, -0.2) is 45.3 Å². The average molecular weight is 275 g/mol. The maximum atomic E-state index is 11.5. The number of rotatable bonds is 10. The number of hydrogen-bond donors (Lipinski definition) is 4. The van der Waals surface area contributed by atoms with Crippen molar-refractivity contribution in [3.63, 3.8) is 0 Å². The highest BCUT2D eigenvalue weighted by atomic mass is 16.4. The summed E-state index contributed by atoms with van der Waals surface area (Å²) in [5.41, 5.74) is 0. The third-order valence-electron chi connectivity index (χ3n) is 2.59. The van der Waals surface area contributed by atoms with Gasteiger partial charge in [0.2, 0.25) is 5.91 Å². The Morgan fingerprint density at radius 1 is 1.16 bits per heavy atom. The minimum Gasteiger partial charge on any atom is -0.481 e. The normalized spacial score (nSPS) is 13.6. The summed E-state index contributed by atoms with van der Waals surface area (Å²) in [7, 11) is 0. The van der Waals surface area contributed by atoms with Gasteiger partial charge >= 0.3 is 11.9 Å². The van der Waals surface area contributed by atoms with Gasteiger partial charge in [-0.2, -0.15) is 0 Å². The van der Waals surface area contributed by atoms with E-state index in [0.717, 1.165) is 12.8 Å². The largest absolute Gasteiger partial charge is 0.481 e. The van der Waals surface area contributed by atoms with E-state index in [-0.39, 0.29) is 19.3 Å². The van der Waals surface area contributed by atoms with Crippen molar-refractivity contribution in [2.75, 3.05) is 0 Å². The Morgan fingerprint density at radius 2 is 1.79 bits per heavy atom. The summed E-state index contributed by atoms with van der Waals surface area (Å²) in [6, 6.07) is -1.23. The highest BCUT2D eigenvalue weighted by Crippen LogP contribution is 2.05. The number of aliphatic hydroxyl groups is 1. The van der Waals surface area contributed by atoms with Crippen molar-refractivity contribution in [2.24, 2.45) is 0 Å². The van der Waals surface area contributed by atoms with E-state index in [2.05, 4.69) is 5.32 Å². The summed E-state index contributed by atoms with van der Waals surface area (Å²) in [6.45, 7) is 1.96. The van der Waals surface area contributed by atoms with Gasteiger partial charge in [-0.25, -0.2) is 4.79 Å². The molecular formula is C12H21NO6. The number of nitrogens with one attached hydrogen (secondary N) is 1. The molecule has 0 aromatic carbocycles. The fourth-order valence-electron chi connectivity index (χ4n) is 1.53. The van der Waals surface area contributed by atoms with Crippen LogP contribution < -0.4 is 5.32 Å². The Balaban J connectivity index is 4.16. The summed E-state index contributed by atoms with van der Waals surface area (Å²) in [5, 5.41) is 29.1. The molecule has 4 N–H and O–H groups in total. The van der Waals surface area contributed by atoms with Gasteiger partial charge in [0.15, 0.2) is 0 Å². The summed E-state index contributed by atoms with van der Waals surface area (Å²) in [5.74, 6) is -2.98. The minimum absolute atomic E-state index is 0.170. The Labute approximate surface area is 111 Å². The van der Waals surface area contributed by atoms with Gasteiger partial charge in [0, 0.05) is 6.42 Å². The van der Waals surface area contributed by atoms with E-state index in [1.54, 1.807) is 0 Å². The first-order valence-electron chi connectivity index (χ1n) is 6.28. The van der Waals surface area contributed by atoms with Crippen molar-refractivity contribution >= 4 is 17.8 Å². The van der Waals surface area contributed by atoms with E-state index in [0.29, 0.717) is 6.42 Å². The lowest BCUT2D eigenvalue weighted by Crippen LogP contribution is -2.42. The van der Waals surface area contributed by atoms with E-state index in [9.17, 15) is 19.5 Å². The maximum absolute atomic E-state index is 11.5. The number of hydrogen-bond acceptors (Lipinski definition) is 4. The standard InChI is InChI=1S/C12H21NO6/c1-2-3-4-8(14)7-10(15)13-9(12(18)19)5-6-11(16)17/h8-9,14H,2-7H2,1H3,(H,13,15)(H,16,17)(H,18,19). The molecule has 0 rings (SSSR count). The number of carboxylic acid groups (broad SMARTS) is 2. The lowest BCUT2D eigenvalue weighted by atomic mass is 10.1. The molecule has 19 heavy (non-hydrogen) atoms. The van der Waals surface area contributed by atoms with E-state index in [1.165, 1.54) is 0 Å². The van der Waals surface area contributed by atoms with Crippen molar-refractivity contribution < 1.29 is 29.7 Å². The second kappa shape index (κ2) is 9.32. The molecule has 7 nitrogen and oxygen atoms in total. The Hall–Kier alpha value is -1.63. The van der Waals surface area contributed by atoms with Crippen LogP contribution in [0.3, 0.4) is 0 Å². The van der Waals surface area contributed by atoms with Gasteiger partial charge in [0.05, 0.1) is 12.5 Å². The molecule has 0 heterocycles. The van der Waals surface area contributed by atoms with Crippen LogP contribution in [0.1, 0.15) is 45.4 Å². The molecule has 0 aliphatic carbocycles. The molecule has 0 aliphatic heterocycles. The zero-order chi connectivity index (χ0) is 14.8. The number of unbranched alkanes of at least 4 members (excludes halogenated alkanes) is 1. The molecule has 0 fully saturated rings. The molecule has 0 bridgehead atoms. The quantitative estimate of drug-likeness (QED) is 0.456. The number of carboxylic acids is 2. The van der Waals surface area contributed by atoms with Crippen LogP contribution in [0.15, 0.2) is 0 Å². The van der Waals surface area contributed by atoms with E-state index >= 15 is 0 Å². The van der Waals surface area contributed by atoms with Crippen molar-refractivity contribution in [2.45, 2.75) is 57.6 Å². The van der Waals surface area contributed by atoms with Crippen LogP contribution >= 0.6 is 0 Å². The molecule has 0 saturated heterocycles. The summed E-state index contributed by atoms with van der Waals surface area (Å²) < 4.78 is 0. The van der Waals surface area contributed by atoms with Crippen molar-refractivity contribution in [3.8, 4) is 0 Å². The molecule has 1 amide bonds. The molecule has 2 unspecified atom stereocenters. The second-order valence-corrected chi connectivity index (χ2v) is 4.39. The number of aliphatic carboxylic acids is 2. The number of aliphatic hydroxyl groups excluding tert-OH is 1. The van der Waals surface area contributed by atoms with E-state index in [1.807, 2.05) is 6.92 Å². The Kier molecular flexibility index (Phi) is 8.52. The molecule has 110 valence electrons. The van der Waals surface area contributed by atoms with Gasteiger partial charge < -0.3 is 20.6 Å².